The first kappa shape index (κ1) is 14.5. The summed E-state index contributed by atoms with van der Waals surface area (Å²) >= 11 is 1.57. The number of hydrogen-bond donors (Lipinski definition) is 0. The molecule has 4 nitrogen and oxygen atoms in total. The fraction of sp³-hybridized carbons (Fsp3) is 0.333. The van der Waals surface area contributed by atoms with Crippen LogP contribution in [0.5, 0.6) is 5.75 Å². The van der Waals surface area contributed by atoms with Crippen LogP contribution in [-0.4, -0.2) is 36.0 Å². The Hall–Kier alpha value is -1.88. The Bertz CT molecular complexity index is 554. The van der Waals surface area contributed by atoms with Crippen LogP contribution in [0.15, 0.2) is 35.7 Å². The van der Waals surface area contributed by atoms with Crippen molar-refractivity contribution in [1.29, 1.82) is 0 Å². The third-order valence-electron chi connectivity index (χ3n) is 2.86. The number of para-hydroxylation sites is 1. The maximum atomic E-state index is 12.0. The standard InChI is InChI=1S/C15H18N2O2S/c1-12-16-13(11-20-12)10-15(18)17(2)8-9-19-14-6-4-3-5-7-14/h3-7,11H,8-10H2,1-2H3. The Morgan fingerprint density at radius 2 is 2.10 bits per heavy atom. The molecule has 0 saturated heterocycles. The van der Waals surface area contributed by atoms with Crippen LogP contribution in [0.4, 0.5) is 0 Å². The highest BCUT2D eigenvalue weighted by Gasteiger charge is 2.11. The van der Waals surface area contributed by atoms with Gasteiger partial charge in [-0.2, -0.15) is 0 Å². The Balaban J connectivity index is 1.74. The number of likely N-dealkylation sites (N-methyl/N-ethyl adjacent to an activating group) is 1. The summed E-state index contributed by atoms with van der Waals surface area (Å²) < 4.78 is 5.57. The molecule has 2 aromatic rings. The number of ether oxygens (including phenoxy) is 1. The SMILES string of the molecule is Cc1nc(CC(=O)N(C)CCOc2ccccc2)cs1. The van der Waals surface area contributed by atoms with E-state index in [9.17, 15) is 4.79 Å². The molecular weight excluding hydrogens is 272 g/mol. The summed E-state index contributed by atoms with van der Waals surface area (Å²) in [5.74, 6) is 0.885. The molecule has 20 heavy (non-hydrogen) atoms. The van der Waals surface area contributed by atoms with Crippen LogP contribution in [0.25, 0.3) is 0 Å². The minimum atomic E-state index is 0.0620. The zero-order chi connectivity index (χ0) is 14.4. The molecular formula is C15H18N2O2S. The van der Waals surface area contributed by atoms with E-state index in [1.54, 1.807) is 23.3 Å². The lowest BCUT2D eigenvalue weighted by Crippen LogP contribution is -2.32. The summed E-state index contributed by atoms with van der Waals surface area (Å²) in [4.78, 5) is 18.0. The van der Waals surface area contributed by atoms with E-state index in [2.05, 4.69) is 4.98 Å². The number of aromatic nitrogens is 1. The maximum absolute atomic E-state index is 12.0. The molecule has 1 amide bonds. The number of nitrogens with zero attached hydrogens (tertiary/aromatic N) is 2. The lowest BCUT2D eigenvalue weighted by Gasteiger charge is -2.17. The molecule has 0 bridgehead atoms. The van der Waals surface area contributed by atoms with Crippen molar-refractivity contribution in [3.63, 3.8) is 0 Å². The minimum Gasteiger partial charge on any atom is -0.492 e. The molecule has 106 valence electrons. The van der Waals surface area contributed by atoms with E-state index in [-0.39, 0.29) is 5.91 Å². The van der Waals surface area contributed by atoms with Crippen LogP contribution in [0.1, 0.15) is 10.7 Å². The van der Waals surface area contributed by atoms with Gasteiger partial charge in [0.25, 0.3) is 0 Å². The lowest BCUT2D eigenvalue weighted by atomic mass is 10.3. The third-order valence-corrected chi connectivity index (χ3v) is 3.69. The van der Waals surface area contributed by atoms with Gasteiger partial charge in [0.1, 0.15) is 12.4 Å². The summed E-state index contributed by atoms with van der Waals surface area (Å²) in [5.41, 5.74) is 0.841. The molecule has 0 radical (unpaired) electrons. The molecule has 1 aromatic carbocycles. The first-order chi connectivity index (χ1) is 9.65. The smallest absolute Gasteiger partial charge is 0.228 e. The van der Waals surface area contributed by atoms with Crippen LogP contribution in [-0.2, 0) is 11.2 Å². The van der Waals surface area contributed by atoms with Gasteiger partial charge in [0.05, 0.1) is 23.7 Å². The highest BCUT2D eigenvalue weighted by molar-refractivity contribution is 7.09. The Morgan fingerprint density at radius 1 is 1.35 bits per heavy atom. The predicted molar refractivity (Wildman–Crippen MR) is 80.1 cm³/mol. The Morgan fingerprint density at radius 3 is 2.75 bits per heavy atom. The highest BCUT2D eigenvalue weighted by Crippen LogP contribution is 2.10. The third kappa shape index (κ3) is 4.35. The number of hydrogen-bond acceptors (Lipinski definition) is 4. The summed E-state index contributed by atoms with van der Waals surface area (Å²) in [7, 11) is 1.79. The zero-order valence-corrected chi connectivity index (χ0v) is 12.5. The molecule has 0 aliphatic heterocycles. The monoisotopic (exact) mass is 290 g/mol. The normalized spacial score (nSPS) is 10.3. The molecule has 5 heteroatoms. The second-order valence-corrected chi connectivity index (χ2v) is 5.57. The van der Waals surface area contributed by atoms with Crippen molar-refractivity contribution < 1.29 is 9.53 Å². The van der Waals surface area contributed by atoms with Crippen molar-refractivity contribution in [1.82, 2.24) is 9.88 Å². The molecule has 1 heterocycles. The van der Waals surface area contributed by atoms with Gasteiger partial charge in [-0.1, -0.05) is 18.2 Å². The fourth-order valence-electron chi connectivity index (χ4n) is 1.72. The van der Waals surface area contributed by atoms with Gasteiger partial charge in [-0.3, -0.25) is 4.79 Å². The topological polar surface area (TPSA) is 42.4 Å². The molecule has 0 unspecified atom stereocenters. The van der Waals surface area contributed by atoms with E-state index >= 15 is 0 Å². The van der Waals surface area contributed by atoms with Crippen molar-refractivity contribution in [2.24, 2.45) is 0 Å². The van der Waals surface area contributed by atoms with Crippen molar-refractivity contribution in [2.75, 3.05) is 20.2 Å². The number of carbonyl (C=O) groups is 1. The number of carbonyl (C=O) groups excluding carboxylic acids is 1. The molecule has 1 aromatic heterocycles. The molecule has 0 saturated carbocycles. The summed E-state index contributed by atoms with van der Waals surface area (Å²) in [5, 5.41) is 2.92. The molecule has 0 aliphatic rings. The fourth-order valence-corrected chi connectivity index (χ4v) is 2.33. The van der Waals surface area contributed by atoms with Gasteiger partial charge in [-0.25, -0.2) is 4.98 Å². The van der Waals surface area contributed by atoms with Crippen LogP contribution < -0.4 is 4.74 Å². The number of amides is 1. The van der Waals surface area contributed by atoms with Gasteiger partial charge in [0.15, 0.2) is 0 Å². The first-order valence-corrected chi connectivity index (χ1v) is 7.36. The van der Waals surface area contributed by atoms with E-state index in [4.69, 9.17) is 4.74 Å². The second kappa shape index (κ2) is 7.05. The number of thiazole rings is 1. The van der Waals surface area contributed by atoms with Gasteiger partial charge < -0.3 is 9.64 Å². The maximum Gasteiger partial charge on any atom is 0.228 e. The highest BCUT2D eigenvalue weighted by atomic mass is 32.1. The molecule has 0 spiro atoms. The number of aryl methyl sites for hydroxylation is 1. The molecule has 0 N–H and O–H groups in total. The van der Waals surface area contributed by atoms with Gasteiger partial charge in [0, 0.05) is 12.4 Å². The van der Waals surface area contributed by atoms with Crippen LogP contribution in [0.3, 0.4) is 0 Å². The van der Waals surface area contributed by atoms with Gasteiger partial charge >= 0.3 is 0 Å². The van der Waals surface area contributed by atoms with Crippen LogP contribution >= 0.6 is 11.3 Å². The Labute approximate surface area is 123 Å². The second-order valence-electron chi connectivity index (χ2n) is 4.51. The summed E-state index contributed by atoms with van der Waals surface area (Å²) in [6.07, 6.45) is 0.353. The molecule has 0 fully saturated rings. The van der Waals surface area contributed by atoms with Crippen LogP contribution in [0.2, 0.25) is 0 Å². The van der Waals surface area contributed by atoms with Crippen molar-refractivity contribution in [2.45, 2.75) is 13.3 Å². The van der Waals surface area contributed by atoms with Gasteiger partial charge in [-0.05, 0) is 19.1 Å². The van der Waals surface area contributed by atoms with E-state index in [1.165, 1.54) is 0 Å². The van der Waals surface area contributed by atoms with Crippen LogP contribution in [0, 0.1) is 6.92 Å². The van der Waals surface area contributed by atoms with Crippen molar-refractivity contribution >= 4 is 17.2 Å². The Kier molecular flexibility index (Phi) is 5.12. The van der Waals surface area contributed by atoms with E-state index in [1.807, 2.05) is 42.6 Å². The summed E-state index contributed by atoms with van der Waals surface area (Å²) in [6.45, 7) is 3.00. The largest absolute Gasteiger partial charge is 0.492 e. The first-order valence-electron chi connectivity index (χ1n) is 6.48. The zero-order valence-electron chi connectivity index (χ0n) is 11.7. The molecule has 2 rings (SSSR count). The van der Waals surface area contributed by atoms with E-state index in [0.717, 1.165) is 16.5 Å². The minimum absolute atomic E-state index is 0.0620. The lowest BCUT2D eigenvalue weighted by molar-refractivity contribution is -0.129. The number of benzene rings is 1. The average molecular weight is 290 g/mol. The van der Waals surface area contributed by atoms with E-state index < -0.39 is 0 Å². The average Bonchev–Trinajstić information content (AvgIpc) is 2.85. The van der Waals surface area contributed by atoms with E-state index in [0.29, 0.717) is 19.6 Å². The van der Waals surface area contributed by atoms with Gasteiger partial charge in [0.2, 0.25) is 5.91 Å². The quantitative estimate of drug-likeness (QED) is 0.821. The van der Waals surface area contributed by atoms with Crippen molar-refractivity contribution in [3.8, 4) is 5.75 Å². The number of rotatable bonds is 6. The molecule has 0 atom stereocenters. The predicted octanol–water partition coefficient (Wildman–Crippen LogP) is 2.53. The van der Waals surface area contributed by atoms with Crippen molar-refractivity contribution in [3.05, 3.63) is 46.4 Å². The molecule has 0 aliphatic carbocycles. The van der Waals surface area contributed by atoms with Gasteiger partial charge in [-0.15, -0.1) is 11.3 Å². The summed E-state index contributed by atoms with van der Waals surface area (Å²) in [6, 6.07) is 9.60.